The van der Waals surface area contributed by atoms with E-state index in [1.54, 1.807) is 34.3 Å². The van der Waals surface area contributed by atoms with Crippen molar-refractivity contribution < 1.29 is 4.92 Å². The Kier molecular flexibility index (Phi) is 4.23. The first-order chi connectivity index (χ1) is 10.5. The van der Waals surface area contributed by atoms with Crippen molar-refractivity contribution in [2.45, 2.75) is 13.2 Å². The van der Waals surface area contributed by atoms with Crippen molar-refractivity contribution in [3.8, 4) is 0 Å². The van der Waals surface area contributed by atoms with Gasteiger partial charge in [-0.05, 0) is 41.2 Å². The predicted octanol–water partition coefficient (Wildman–Crippen LogP) is 3.86. The highest BCUT2D eigenvalue weighted by Gasteiger charge is 2.11. The molecular weight excluding hydrogens is 368 g/mol. The molecule has 0 fully saturated rings. The lowest BCUT2D eigenvalue weighted by atomic mass is 10.2. The minimum atomic E-state index is -0.385. The summed E-state index contributed by atoms with van der Waals surface area (Å²) in [5.74, 6) is 0. The van der Waals surface area contributed by atoms with Crippen molar-refractivity contribution in [2.75, 3.05) is 7.05 Å². The number of halogens is 1. The first-order valence-electron chi connectivity index (χ1n) is 6.55. The lowest BCUT2D eigenvalue weighted by Crippen LogP contribution is -2.21. The molecule has 0 spiro atoms. The third kappa shape index (κ3) is 3.18. The van der Waals surface area contributed by atoms with Gasteiger partial charge in [0.2, 0.25) is 0 Å². The zero-order valence-electron chi connectivity index (χ0n) is 11.8. The van der Waals surface area contributed by atoms with E-state index in [1.165, 1.54) is 10.9 Å². The van der Waals surface area contributed by atoms with Crippen LogP contribution in [-0.4, -0.2) is 26.7 Å². The fourth-order valence-corrected chi connectivity index (χ4v) is 3.83. The summed E-state index contributed by atoms with van der Waals surface area (Å²) in [5.41, 5.74) is 0.854. The fraction of sp³-hybridized carbons (Fsp3) is 0.214. The van der Waals surface area contributed by atoms with Gasteiger partial charge in [0.1, 0.15) is 0 Å². The van der Waals surface area contributed by atoms with Gasteiger partial charge in [0.25, 0.3) is 5.69 Å². The summed E-state index contributed by atoms with van der Waals surface area (Å²) in [6.45, 7) is 1.37. The average molecular weight is 381 g/mol. The van der Waals surface area contributed by atoms with Gasteiger partial charge < -0.3 is 0 Å². The normalized spacial score (nSPS) is 11.4. The maximum atomic E-state index is 10.9. The van der Waals surface area contributed by atoms with Crippen LogP contribution >= 0.6 is 27.3 Å². The number of non-ortho nitro benzene ring substituents is 1. The Balaban J connectivity index is 1.80. The SMILES string of the molecule is CN(Cc1ccc(Br)s1)Cn1ncc2ccc([N+](=O)[O-])cc21. The standard InChI is InChI=1S/C14H13BrN4O2S/c1-17(8-12-4-5-14(15)22-12)9-18-13-6-11(19(20)21)3-2-10(13)7-16-18/h2-7H,8-9H2,1H3. The van der Waals surface area contributed by atoms with E-state index in [0.29, 0.717) is 6.67 Å². The van der Waals surface area contributed by atoms with E-state index >= 15 is 0 Å². The van der Waals surface area contributed by atoms with Crippen LogP contribution in [0.25, 0.3) is 10.9 Å². The van der Waals surface area contributed by atoms with Gasteiger partial charge in [0, 0.05) is 28.9 Å². The Labute approximate surface area is 139 Å². The zero-order chi connectivity index (χ0) is 15.7. The minimum Gasteiger partial charge on any atom is -0.282 e. The highest BCUT2D eigenvalue weighted by molar-refractivity contribution is 9.11. The second-order valence-electron chi connectivity index (χ2n) is 5.01. The Morgan fingerprint density at radius 1 is 1.41 bits per heavy atom. The second kappa shape index (κ2) is 6.15. The average Bonchev–Trinajstić information content (AvgIpc) is 3.05. The molecular formula is C14H13BrN4O2S. The summed E-state index contributed by atoms with van der Waals surface area (Å²) < 4.78 is 2.89. The van der Waals surface area contributed by atoms with Crippen LogP contribution in [0.2, 0.25) is 0 Å². The molecule has 0 aliphatic heterocycles. The van der Waals surface area contributed by atoms with Gasteiger partial charge in [-0.1, -0.05) is 0 Å². The summed E-state index contributed by atoms with van der Waals surface area (Å²) in [6, 6.07) is 8.91. The summed E-state index contributed by atoms with van der Waals surface area (Å²) in [5, 5.41) is 16.1. The van der Waals surface area contributed by atoms with Gasteiger partial charge in [-0.15, -0.1) is 11.3 Å². The molecule has 0 N–H and O–H groups in total. The van der Waals surface area contributed by atoms with E-state index in [0.717, 1.165) is 21.2 Å². The van der Waals surface area contributed by atoms with Crippen molar-refractivity contribution in [3.05, 3.63) is 55.3 Å². The van der Waals surface area contributed by atoms with Gasteiger partial charge >= 0.3 is 0 Å². The third-order valence-electron chi connectivity index (χ3n) is 3.27. The summed E-state index contributed by atoms with van der Waals surface area (Å²) in [4.78, 5) is 13.9. The van der Waals surface area contributed by atoms with Crippen LogP contribution in [0, 0.1) is 10.1 Å². The Hall–Kier alpha value is -1.77. The van der Waals surface area contributed by atoms with E-state index in [9.17, 15) is 10.1 Å². The molecule has 0 unspecified atom stereocenters. The van der Waals surface area contributed by atoms with Crippen molar-refractivity contribution in [1.82, 2.24) is 14.7 Å². The Bertz CT molecular complexity index is 829. The maximum Gasteiger partial charge on any atom is 0.271 e. The van der Waals surface area contributed by atoms with Crippen LogP contribution in [0.5, 0.6) is 0 Å². The molecule has 0 saturated carbocycles. The molecule has 2 aromatic heterocycles. The van der Waals surface area contributed by atoms with Gasteiger partial charge in [-0.2, -0.15) is 5.10 Å². The van der Waals surface area contributed by atoms with Gasteiger partial charge in [0.15, 0.2) is 0 Å². The van der Waals surface area contributed by atoms with Gasteiger partial charge in [-0.25, -0.2) is 0 Å². The van der Waals surface area contributed by atoms with Crippen molar-refractivity contribution in [2.24, 2.45) is 0 Å². The lowest BCUT2D eigenvalue weighted by molar-refractivity contribution is -0.384. The topological polar surface area (TPSA) is 64.2 Å². The Morgan fingerprint density at radius 3 is 2.91 bits per heavy atom. The van der Waals surface area contributed by atoms with Crippen molar-refractivity contribution >= 4 is 43.9 Å². The van der Waals surface area contributed by atoms with E-state index < -0.39 is 0 Å². The van der Waals surface area contributed by atoms with Crippen LogP contribution in [0.15, 0.2) is 40.3 Å². The monoisotopic (exact) mass is 380 g/mol. The first kappa shape index (κ1) is 15.1. The number of fused-ring (bicyclic) bond motifs is 1. The quantitative estimate of drug-likeness (QED) is 0.497. The molecule has 0 bridgehead atoms. The van der Waals surface area contributed by atoms with Crippen molar-refractivity contribution in [3.63, 3.8) is 0 Å². The molecule has 3 aromatic rings. The summed E-state index contributed by atoms with van der Waals surface area (Å²) in [6.07, 6.45) is 1.73. The van der Waals surface area contributed by atoms with E-state index in [-0.39, 0.29) is 10.6 Å². The molecule has 0 aliphatic carbocycles. The van der Waals surface area contributed by atoms with Crippen molar-refractivity contribution in [1.29, 1.82) is 0 Å². The number of benzene rings is 1. The van der Waals surface area contributed by atoms with Crippen LogP contribution in [0.3, 0.4) is 0 Å². The number of thiophene rings is 1. The number of nitro benzene ring substituents is 1. The smallest absolute Gasteiger partial charge is 0.271 e. The molecule has 0 radical (unpaired) electrons. The molecule has 1 aromatic carbocycles. The number of nitro groups is 1. The van der Waals surface area contributed by atoms with Gasteiger partial charge in [0.05, 0.1) is 27.1 Å². The molecule has 22 heavy (non-hydrogen) atoms. The van der Waals surface area contributed by atoms with Gasteiger partial charge in [-0.3, -0.25) is 19.7 Å². The van der Waals surface area contributed by atoms with E-state index in [1.807, 2.05) is 13.1 Å². The highest BCUT2D eigenvalue weighted by atomic mass is 79.9. The molecule has 2 heterocycles. The minimum absolute atomic E-state index is 0.0825. The number of aromatic nitrogens is 2. The molecule has 0 aliphatic rings. The van der Waals surface area contributed by atoms with Crippen LogP contribution in [-0.2, 0) is 13.2 Å². The maximum absolute atomic E-state index is 10.9. The molecule has 0 saturated heterocycles. The van der Waals surface area contributed by atoms with E-state index in [2.05, 4.69) is 32.0 Å². The van der Waals surface area contributed by atoms with E-state index in [4.69, 9.17) is 0 Å². The van der Waals surface area contributed by atoms with Crippen LogP contribution < -0.4 is 0 Å². The molecule has 3 rings (SSSR count). The molecule has 114 valence electrons. The number of nitrogens with zero attached hydrogens (tertiary/aromatic N) is 4. The molecule has 0 amide bonds. The largest absolute Gasteiger partial charge is 0.282 e. The molecule has 0 atom stereocenters. The Morgan fingerprint density at radius 2 is 2.23 bits per heavy atom. The predicted molar refractivity (Wildman–Crippen MR) is 89.9 cm³/mol. The number of hydrogen-bond acceptors (Lipinski definition) is 5. The lowest BCUT2D eigenvalue weighted by Gasteiger charge is -2.16. The molecule has 8 heteroatoms. The van der Waals surface area contributed by atoms with Crippen LogP contribution in [0.1, 0.15) is 4.88 Å². The van der Waals surface area contributed by atoms with Crippen LogP contribution in [0.4, 0.5) is 5.69 Å². The first-order valence-corrected chi connectivity index (χ1v) is 8.16. The summed E-state index contributed by atoms with van der Waals surface area (Å²) in [7, 11) is 2.00. The summed E-state index contributed by atoms with van der Waals surface area (Å²) >= 11 is 5.15. The highest BCUT2D eigenvalue weighted by Crippen LogP contribution is 2.24. The zero-order valence-corrected chi connectivity index (χ0v) is 14.2. The second-order valence-corrected chi connectivity index (χ2v) is 7.55. The fourth-order valence-electron chi connectivity index (χ4n) is 2.27. The number of hydrogen-bond donors (Lipinski definition) is 0. The molecule has 6 nitrogen and oxygen atoms in total. The third-order valence-corrected chi connectivity index (χ3v) is 4.88. The number of rotatable bonds is 5.